The Hall–Kier alpha value is -3.62. The maximum Gasteiger partial charge on any atom is 0.259 e. The number of amides is 1. The van der Waals surface area contributed by atoms with Gasteiger partial charge in [-0.15, -0.1) is 5.10 Å². The van der Waals surface area contributed by atoms with E-state index in [2.05, 4.69) is 31.0 Å². The maximum absolute atomic E-state index is 13.2. The molecule has 0 spiro atoms. The summed E-state index contributed by atoms with van der Waals surface area (Å²) in [6.07, 6.45) is 2.17. The molecule has 3 heterocycles. The molecule has 1 saturated carbocycles. The van der Waals surface area contributed by atoms with E-state index < -0.39 is 0 Å². The van der Waals surface area contributed by atoms with E-state index in [4.69, 9.17) is 4.52 Å². The van der Waals surface area contributed by atoms with Crippen molar-refractivity contribution in [2.24, 2.45) is 0 Å². The number of tetrazole rings is 1. The van der Waals surface area contributed by atoms with E-state index in [-0.39, 0.29) is 11.8 Å². The summed E-state index contributed by atoms with van der Waals surface area (Å²) in [5.74, 6) is 0.613. The van der Waals surface area contributed by atoms with Gasteiger partial charge in [-0.3, -0.25) is 4.79 Å². The molecule has 9 heteroatoms. The zero-order valence-electron chi connectivity index (χ0n) is 17.0. The van der Waals surface area contributed by atoms with Crippen molar-refractivity contribution < 1.29 is 9.32 Å². The summed E-state index contributed by atoms with van der Waals surface area (Å²) < 4.78 is 7.17. The first-order valence-electron chi connectivity index (χ1n) is 9.98. The van der Waals surface area contributed by atoms with Crippen molar-refractivity contribution in [2.75, 3.05) is 5.32 Å². The minimum atomic E-state index is -0.241. The Morgan fingerprint density at radius 1 is 1.27 bits per heavy atom. The molecule has 1 aliphatic rings. The molecule has 1 amide bonds. The Morgan fingerprint density at radius 2 is 2.10 bits per heavy atom. The molecule has 1 N–H and O–H groups in total. The van der Waals surface area contributed by atoms with Crippen LogP contribution in [-0.2, 0) is 0 Å². The summed E-state index contributed by atoms with van der Waals surface area (Å²) >= 11 is 0. The van der Waals surface area contributed by atoms with Crippen LogP contribution in [0.25, 0.3) is 22.5 Å². The molecule has 0 radical (unpaired) electrons. The third-order valence-electron chi connectivity index (χ3n) is 5.24. The first kappa shape index (κ1) is 18.4. The van der Waals surface area contributed by atoms with Crippen molar-refractivity contribution in [3.05, 3.63) is 47.3 Å². The summed E-state index contributed by atoms with van der Waals surface area (Å²) in [4.78, 5) is 17.7. The molecule has 0 saturated heterocycles. The van der Waals surface area contributed by atoms with Gasteiger partial charge in [-0.25, -0.2) is 9.67 Å². The second-order valence-electron chi connectivity index (χ2n) is 7.91. The molecule has 1 fully saturated rings. The lowest BCUT2D eigenvalue weighted by Crippen LogP contribution is -2.14. The van der Waals surface area contributed by atoms with Gasteiger partial charge in [-0.1, -0.05) is 31.1 Å². The molecule has 0 aliphatic heterocycles. The number of rotatable bonds is 5. The van der Waals surface area contributed by atoms with E-state index in [1.165, 1.54) is 0 Å². The van der Waals surface area contributed by atoms with Crippen molar-refractivity contribution in [1.82, 2.24) is 30.3 Å². The summed E-state index contributed by atoms with van der Waals surface area (Å²) in [6, 6.07) is 9.71. The Morgan fingerprint density at radius 3 is 2.87 bits per heavy atom. The van der Waals surface area contributed by atoms with Crippen LogP contribution in [0.4, 0.5) is 5.69 Å². The molecule has 4 aromatic rings. The van der Waals surface area contributed by atoms with Gasteiger partial charge >= 0.3 is 0 Å². The van der Waals surface area contributed by atoms with Crippen LogP contribution in [0, 0.1) is 6.92 Å². The highest BCUT2D eigenvalue weighted by atomic mass is 16.5. The van der Waals surface area contributed by atoms with E-state index in [0.29, 0.717) is 39.9 Å². The monoisotopic (exact) mass is 403 g/mol. The number of benzene rings is 1. The SMILES string of the molecule is Cc1noc2nc(C(C)C)cc(C(=O)Nc3cccc(-c4nnnn4C4CC4)c3)c12. The fourth-order valence-electron chi connectivity index (χ4n) is 3.47. The van der Waals surface area contributed by atoms with Crippen LogP contribution in [0.15, 0.2) is 34.9 Å². The number of pyridine rings is 1. The predicted octanol–water partition coefficient (Wildman–Crippen LogP) is 3.90. The summed E-state index contributed by atoms with van der Waals surface area (Å²) in [5, 5.41) is 19.7. The number of carbonyl (C=O) groups is 1. The van der Waals surface area contributed by atoms with Crippen LogP contribution in [0.1, 0.15) is 60.4 Å². The van der Waals surface area contributed by atoms with Gasteiger partial charge in [-0.05, 0) is 54.3 Å². The molecular formula is C21H21N7O2. The first-order valence-corrected chi connectivity index (χ1v) is 9.98. The van der Waals surface area contributed by atoms with Gasteiger partial charge in [0.25, 0.3) is 11.6 Å². The van der Waals surface area contributed by atoms with Crippen molar-refractivity contribution >= 4 is 22.7 Å². The largest absolute Gasteiger partial charge is 0.336 e. The van der Waals surface area contributed by atoms with Crippen molar-refractivity contribution in [3.8, 4) is 11.4 Å². The van der Waals surface area contributed by atoms with E-state index in [1.807, 2.05) is 48.9 Å². The molecule has 0 atom stereocenters. The number of anilines is 1. The van der Waals surface area contributed by atoms with Gasteiger partial charge in [0.05, 0.1) is 22.7 Å². The summed E-state index contributed by atoms with van der Waals surface area (Å²) in [5.41, 5.74) is 3.80. The number of hydrogen-bond donors (Lipinski definition) is 1. The highest BCUT2D eigenvalue weighted by molar-refractivity contribution is 6.12. The zero-order valence-corrected chi connectivity index (χ0v) is 17.0. The fourth-order valence-corrected chi connectivity index (χ4v) is 3.47. The molecule has 3 aromatic heterocycles. The standard InChI is InChI=1S/C21H21N7O2/c1-11(2)17-10-16(18-12(3)25-30-21(18)23-17)20(29)22-14-6-4-5-13(9-14)19-24-26-27-28(19)15-7-8-15/h4-6,9-11,15H,7-8H2,1-3H3,(H,22,29). The minimum absolute atomic E-state index is 0.149. The smallest absolute Gasteiger partial charge is 0.259 e. The molecule has 152 valence electrons. The molecule has 1 aliphatic carbocycles. The summed E-state index contributed by atoms with van der Waals surface area (Å²) in [7, 11) is 0. The van der Waals surface area contributed by atoms with Crippen molar-refractivity contribution in [1.29, 1.82) is 0 Å². The van der Waals surface area contributed by atoms with Crippen LogP contribution in [0.2, 0.25) is 0 Å². The van der Waals surface area contributed by atoms with Gasteiger partial charge in [0.15, 0.2) is 5.82 Å². The molecule has 0 unspecified atom stereocenters. The molecule has 30 heavy (non-hydrogen) atoms. The van der Waals surface area contributed by atoms with Gasteiger partial charge < -0.3 is 9.84 Å². The number of aryl methyl sites for hydroxylation is 1. The third kappa shape index (κ3) is 3.22. The topological polar surface area (TPSA) is 112 Å². The second-order valence-corrected chi connectivity index (χ2v) is 7.91. The number of aromatic nitrogens is 6. The van der Waals surface area contributed by atoms with Crippen LogP contribution in [-0.4, -0.2) is 36.3 Å². The van der Waals surface area contributed by atoms with E-state index in [1.54, 1.807) is 6.92 Å². The Balaban J connectivity index is 1.49. The lowest BCUT2D eigenvalue weighted by Gasteiger charge is -2.10. The number of carbonyl (C=O) groups excluding carboxylic acids is 1. The van der Waals surface area contributed by atoms with Crippen LogP contribution >= 0.6 is 0 Å². The number of nitrogens with zero attached hydrogens (tertiary/aromatic N) is 6. The van der Waals surface area contributed by atoms with Gasteiger partial charge in [-0.2, -0.15) is 0 Å². The minimum Gasteiger partial charge on any atom is -0.336 e. The second kappa shape index (κ2) is 7.01. The van der Waals surface area contributed by atoms with Crippen molar-refractivity contribution in [2.45, 2.75) is 45.6 Å². The highest BCUT2D eigenvalue weighted by Gasteiger charge is 2.28. The number of nitrogens with one attached hydrogen (secondary N) is 1. The summed E-state index contributed by atoms with van der Waals surface area (Å²) in [6.45, 7) is 5.84. The molecule has 0 bridgehead atoms. The van der Waals surface area contributed by atoms with Gasteiger partial charge in [0.2, 0.25) is 0 Å². The average molecular weight is 403 g/mol. The van der Waals surface area contributed by atoms with Crippen LogP contribution in [0.5, 0.6) is 0 Å². The molecule has 1 aromatic carbocycles. The third-order valence-corrected chi connectivity index (χ3v) is 5.24. The van der Waals surface area contributed by atoms with E-state index in [0.717, 1.165) is 24.1 Å². The number of hydrogen-bond acceptors (Lipinski definition) is 7. The van der Waals surface area contributed by atoms with E-state index in [9.17, 15) is 4.79 Å². The fraction of sp³-hybridized carbons (Fsp3) is 0.333. The maximum atomic E-state index is 13.2. The average Bonchev–Trinajstić information content (AvgIpc) is 3.34. The lowest BCUT2D eigenvalue weighted by atomic mass is 10.0. The zero-order chi connectivity index (χ0) is 20.8. The van der Waals surface area contributed by atoms with Crippen LogP contribution in [0.3, 0.4) is 0 Å². The van der Waals surface area contributed by atoms with E-state index >= 15 is 0 Å². The van der Waals surface area contributed by atoms with Gasteiger partial charge in [0.1, 0.15) is 0 Å². The number of fused-ring (bicyclic) bond motifs is 1. The van der Waals surface area contributed by atoms with Crippen LogP contribution < -0.4 is 5.32 Å². The predicted molar refractivity (Wildman–Crippen MR) is 110 cm³/mol. The quantitative estimate of drug-likeness (QED) is 0.538. The highest BCUT2D eigenvalue weighted by Crippen LogP contribution is 2.37. The lowest BCUT2D eigenvalue weighted by molar-refractivity contribution is 0.102. The Kier molecular flexibility index (Phi) is 4.30. The molecular weight excluding hydrogens is 382 g/mol. The Bertz CT molecular complexity index is 1250. The van der Waals surface area contributed by atoms with Gasteiger partial charge in [0, 0.05) is 16.9 Å². The molecule has 5 rings (SSSR count). The normalized spacial score (nSPS) is 13.9. The van der Waals surface area contributed by atoms with Crippen molar-refractivity contribution in [3.63, 3.8) is 0 Å². The molecule has 9 nitrogen and oxygen atoms in total. The first-order chi connectivity index (χ1) is 14.5. The Labute approximate surface area is 172 Å².